The van der Waals surface area contributed by atoms with Crippen LogP contribution in [0, 0.1) is 5.92 Å². The summed E-state index contributed by atoms with van der Waals surface area (Å²) < 4.78 is 26.7. The molecular formula is C18H25ClN2O3S. The van der Waals surface area contributed by atoms with Crippen molar-refractivity contribution < 1.29 is 13.2 Å². The van der Waals surface area contributed by atoms with E-state index in [9.17, 15) is 13.2 Å². The zero-order valence-corrected chi connectivity index (χ0v) is 16.2. The Morgan fingerprint density at radius 2 is 2.00 bits per heavy atom. The molecule has 1 atom stereocenters. The van der Waals surface area contributed by atoms with Gasteiger partial charge in [0.05, 0.1) is 5.02 Å². The lowest BCUT2D eigenvalue weighted by molar-refractivity contribution is 0.0946. The van der Waals surface area contributed by atoms with Crippen LogP contribution in [0.3, 0.4) is 0 Å². The predicted octanol–water partition coefficient (Wildman–Crippen LogP) is 3.46. The van der Waals surface area contributed by atoms with Crippen molar-refractivity contribution in [3.05, 3.63) is 40.9 Å². The van der Waals surface area contributed by atoms with E-state index in [1.165, 1.54) is 16.4 Å². The number of nitrogens with zero attached hydrogens (tertiary/aromatic N) is 1. The molecule has 0 saturated heterocycles. The molecule has 1 aromatic rings. The predicted molar refractivity (Wildman–Crippen MR) is 100 cm³/mol. The maximum Gasteiger partial charge on any atom is 0.251 e. The third-order valence-electron chi connectivity index (χ3n) is 4.45. The van der Waals surface area contributed by atoms with E-state index in [0.29, 0.717) is 31.1 Å². The monoisotopic (exact) mass is 384 g/mol. The van der Waals surface area contributed by atoms with Gasteiger partial charge in [-0.1, -0.05) is 37.6 Å². The molecule has 138 valence electrons. The lowest BCUT2D eigenvalue weighted by atomic mass is 9.94. The molecular weight excluding hydrogens is 360 g/mol. The van der Waals surface area contributed by atoms with Gasteiger partial charge >= 0.3 is 0 Å². The Kier molecular flexibility index (Phi) is 7.04. The minimum absolute atomic E-state index is 0.0221. The van der Waals surface area contributed by atoms with Gasteiger partial charge in [0.2, 0.25) is 10.0 Å². The summed E-state index contributed by atoms with van der Waals surface area (Å²) in [4.78, 5) is 12.4. The molecule has 0 saturated carbocycles. The third-order valence-corrected chi connectivity index (χ3v) is 6.98. The van der Waals surface area contributed by atoms with Crippen LogP contribution in [0.2, 0.25) is 5.02 Å². The summed E-state index contributed by atoms with van der Waals surface area (Å²) in [5.41, 5.74) is 0.307. The van der Waals surface area contributed by atoms with Crippen LogP contribution in [0.4, 0.5) is 0 Å². The highest BCUT2D eigenvalue weighted by Crippen LogP contribution is 2.26. The molecule has 0 aromatic heterocycles. The van der Waals surface area contributed by atoms with E-state index in [1.807, 2.05) is 0 Å². The lowest BCUT2D eigenvalue weighted by Crippen LogP contribution is -2.32. The fourth-order valence-corrected chi connectivity index (χ4v) is 4.88. The molecule has 25 heavy (non-hydrogen) atoms. The van der Waals surface area contributed by atoms with Crippen LogP contribution >= 0.6 is 11.6 Å². The molecule has 0 heterocycles. The number of nitrogens with one attached hydrogen (secondary N) is 1. The number of allylic oxidation sites excluding steroid dienone is 2. The average Bonchev–Trinajstić information content (AvgIpc) is 2.61. The Labute approximate surface area is 155 Å². The highest BCUT2D eigenvalue weighted by Gasteiger charge is 2.25. The van der Waals surface area contributed by atoms with E-state index in [0.717, 1.165) is 19.3 Å². The molecule has 5 nitrogen and oxygen atoms in total. The zero-order valence-electron chi connectivity index (χ0n) is 14.7. The van der Waals surface area contributed by atoms with Crippen LogP contribution in [0.5, 0.6) is 0 Å². The molecule has 0 fully saturated rings. The largest absolute Gasteiger partial charge is 0.352 e. The number of carbonyl (C=O) groups excluding carboxylic acids is 1. The summed E-state index contributed by atoms with van der Waals surface area (Å²) in [6, 6.07) is 4.39. The zero-order chi connectivity index (χ0) is 18.4. The van der Waals surface area contributed by atoms with E-state index in [2.05, 4.69) is 17.5 Å². The fourth-order valence-electron chi connectivity index (χ4n) is 2.93. The molecule has 1 aromatic carbocycles. The van der Waals surface area contributed by atoms with Crippen molar-refractivity contribution in [3.63, 3.8) is 0 Å². The second-order valence-electron chi connectivity index (χ2n) is 6.10. The Hall–Kier alpha value is -1.37. The Morgan fingerprint density at radius 1 is 1.28 bits per heavy atom. The van der Waals surface area contributed by atoms with Crippen molar-refractivity contribution in [2.24, 2.45) is 5.92 Å². The fraction of sp³-hybridized carbons (Fsp3) is 0.500. The first-order valence-corrected chi connectivity index (χ1v) is 10.4. The van der Waals surface area contributed by atoms with Crippen LogP contribution in [-0.4, -0.2) is 38.3 Å². The molecule has 1 unspecified atom stereocenters. The van der Waals surface area contributed by atoms with Crippen LogP contribution in [0.1, 0.15) is 43.5 Å². The summed E-state index contributed by atoms with van der Waals surface area (Å²) in [5.74, 6) is 0.155. The van der Waals surface area contributed by atoms with Crippen molar-refractivity contribution in [2.45, 2.75) is 38.0 Å². The number of benzene rings is 1. The number of halogens is 1. The molecule has 1 N–H and O–H groups in total. The van der Waals surface area contributed by atoms with Gasteiger partial charge in [-0.15, -0.1) is 0 Å². The average molecular weight is 385 g/mol. The standard InChI is InChI=1S/C18H25ClN2O3S/c1-3-21(4-2)25(23,24)17-12-15(10-11-16(17)19)18(22)20-13-14-8-6-5-7-9-14/h5-6,10-12,14H,3-4,7-9,13H2,1-2H3,(H,20,22). The molecule has 2 rings (SSSR count). The summed E-state index contributed by atoms with van der Waals surface area (Å²) in [6.07, 6.45) is 7.34. The van der Waals surface area contributed by atoms with E-state index < -0.39 is 10.0 Å². The first-order chi connectivity index (χ1) is 11.9. The number of sulfonamides is 1. The SMILES string of the molecule is CCN(CC)S(=O)(=O)c1cc(C(=O)NCC2CC=CCC2)ccc1Cl. The summed E-state index contributed by atoms with van der Waals surface area (Å²) in [5, 5.41) is 3.03. The number of amides is 1. The van der Waals surface area contributed by atoms with Gasteiger partial charge in [0.15, 0.2) is 0 Å². The molecule has 0 bridgehead atoms. The van der Waals surface area contributed by atoms with Crippen LogP contribution in [0.25, 0.3) is 0 Å². The van der Waals surface area contributed by atoms with Gasteiger partial charge in [0.25, 0.3) is 5.91 Å². The van der Waals surface area contributed by atoms with E-state index >= 15 is 0 Å². The van der Waals surface area contributed by atoms with Crippen molar-refractivity contribution in [2.75, 3.05) is 19.6 Å². The van der Waals surface area contributed by atoms with Crippen molar-refractivity contribution in [1.29, 1.82) is 0 Å². The van der Waals surface area contributed by atoms with Crippen LogP contribution in [-0.2, 0) is 10.0 Å². The summed E-state index contributed by atoms with van der Waals surface area (Å²) >= 11 is 6.10. The van der Waals surface area contributed by atoms with E-state index in [1.54, 1.807) is 19.9 Å². The number of rotatable bonds is 7. The summed E-state index contributed by atoms with van der Waals surface area (Å²) in [6.45, 7) is 4.82. The Morgan fingerprint density at radius 3 is 2.60 bits per heavy atom. The molecule has 1 aliphatic rings. The Balaban J connectivity index is 2.17. The van der Waals surface area contributed by atoms with Gasteiger partial charge in [-0.2, -0.15) is 4.31 Å². The van der Waals surface area contributed by atoms with Gasteiger partial charge in [0.1, 0.15) is 4.90 Å². The first-order valence-electron chi connectivity index (χ1n) is 8.63. The van der Waals surface area contributed by atoms with Crippen LogP contribution < -0.4 is 5.32 Å². The first kappa shape index (κ1) is 19.9. The van der Waals surface area contributed by atoms with E-state index in [-0.39, 0.29) is 15.8 Å². The minimum atomic E-state index is -3.71. The second kappa shape index (κ2) is 8.83. The maximum absolute atomic E-state index is 12.7. The van der Waals surface area contributed by atoms with Gasteiger partial charge in [-0.3, -0.25) is 4.79 Å². The van der Waals surface area contributed by atoms with Gasteiger partial charge in [0, 0.05) is 25.2 Å². The third kappa shape index (κ3) is 4.84. The lowest BCUT2D eigenvalue weighted by Gasteiger charge is -2.20. The van der Waals surface area contributed by atoms with Crippen molar-refractivity contribution in [3.8, 4) is 0 Å². The van der Waals surface area contributed by atoms with E-state index in [4.69, 9.17) is 11.6 Å². The van der Waals surface area contributed by atoms with Gasteiger partial charge < -0.3 is 5.32 Å². The van der Waals surface area contributed by atoms with Gasteiger partial charge in [-0.25, -0.2) is 8.42 Å². The van der Waals surface area contributed by atoms with Crippen molar-refractivity contribution in [1.82, 2.24) is 9.62 Å². The highest BCUT2D eigenvalue weighted by molar-refractivity contribution is 7.89. The highest BCUT2D eigenvalue weighted by atomic mass is 35.5. The number of hydrogen-bond acceptors (Lipinski definition) is 3. The number of carbonyl (C=O) groups is 1. The maximum atomic E-state index is 12.7. The smallest absolute Gasteiger partial charge is 0.251 e. The molecule has 0 spiro atoms. The topological polar surface area (TPSA) is 66.5 Å². The second-order valence-corrected chi connectivity index (χ2v) is 8.41. The normalized spacial score (nSPS) is 17.7. The Bertz CT molecular complexity index is 743. The molecule has 1 aliphatic carbocycles. The minimum Gasteiger partial charge on any atom is -0.352 e. The molecule has 7 heteroatoms. The van der Waals surface area contributed by atoms with Gasteiger partial charge in [-0.05, 0) is 43.4 Å². The quantitative estimate of drug-likeness (QED) is 0.732. The number of hydrogen-bond donors (Lipinski definition) is 1. The molecule has 1 amide bonds. The molecule has 0 radical (unpaired) electrons. The molecule has 0 aliphatic heterocycles. The van der Waals surface area contributed by atoms with Crippen molar-refractivity contribution >= 4 is 27.5 Å². The van der Waals surface area contributed by atoms with Crippen LogP contribution in [0.15, 0.2) is 35.2 Å². The summed E-state index contributed by atoms with van der Waals surface area (Å²) in [7, 11) is -3.71.